The number of aromatic nitrogens is 5. The second-order valence-corrected chi connectivity index (χ2v) is 7.41. The van der Waals surface area contributed by atoms with Crippen LogP contribution in [0.5, 0.6) is 0 Å². The van der Waals surface area contributed by atoms with E-state index in [0.29, 0.717) is 5.92 Å². The van der Waals surface area contributed by atoms with Crippen molar-refractivity contribution in [2.75, 3.05) is 32.8 Å². The van der Waals surface area contributed by atoms with E-state index in [0.717, 1.165) is 80.5 Å². The number of hydrogen-bond donors (Lipinski definition) is 2. The van der Waals surface area contributed by atoms with Crippen LogP contribution in [0.3, 0.4) is 0 Å². The van der Waals surface area contributed by atoms with Gasteiger partial charge in [0.2, 0.25) is 0 Å². The first-order chi connectivity index (χ1) is 13.3. The van der Waals surface area contributed by atoms with Crippen LogP contribution in [0, 0.1) is 0 Å². The van der Waals surface area contributed by atoms with Crippen LogP contribution in [-0.4, -0.2) is 62.5 Å². The van der Waals surface area contributed by atoms with E-state index in [9.17, 15) is 4.79 Å². The lowest BCUT2D eigenvalue weighted by atomic mass is 9.85. The van der Waals surface area contributed by atoms with Crippen molar-refractivity contribution in [2.45, 2.75) is 31.7 Å². The third kappa shape index (κ3) is 3.19. The maximum Gasteiger partial charge on any atom is 0.323 e. The monoisotopic (exact) mass is 368 g/mol. The number of hydrogen-bond acceptors (Lipinski definition) is 5. The molecule has 1 aromatic carbocycles. The average molecular weight is 368 g/mol. The Balaban J connectivity index is 1.51. The van der Waals surface area contributed by atoms with Crippen molar-refractivity contribution in [3.05, 3.63) is 34.5 Å². The Morgan fingerprint density at radius 2 is 2.00 bits per heavy atom. The minimum atomic E-state index is -0.198. The van der Waals surface area contributed by atoms with Gasteiger partial charge in [-0.1, -0.05) is 12.5 Å². The van der Waals surface area contributed by atoms with Crippen LogP contribution in [0.1, 0.15) is 31.0 Å². The molecule has 3 heterocycles. The normalized spacial score (nSPS) is 18.8. The molecule has 0 radical (unpaired) electrons. The molecule has 0 spiro atoms. The summed E-state index contributed by atoms with van der Waals surface area (Å²) in [5.41, 5.74) is 2.31. The second kappa shape index (κ2) is 6.94. The van der Waals surface area contributed by atoms with Crippen LogP contribution in [-0.2, 0) is 11.3 Å². The molecule has 2 fully saturated rings. The molecule has 8 nitrogen and oxygen atoms in total. The van der Waals surface area contributed by atoms with E-state index < -0.39 is 0 Å². The van der Waals surface area contributed by atoms with Gasteiger partial charge in [0.1, 0.15) is 0 Å². The minimum absolute atomic E-state index is 0.198. The standard InChI is InChI=1S/C19H24N6O2/c26-19-20-15-6-2-5-14(16(15)21-19)18-22-17(13-3-1-4-13)23-25(18)8-7-24-9-11-27-12-10-24/h2,5-6,13H,1,3-4,7-12H2,(H2,20,21,26). The van der Waals surface area contributed by atoms with Gasteiger partial charge in [-0.15, -0.1) is 0 Å². The highest BCUT2D eigenvalue weighted by Crippen LogP contribution is 2.36. The van der Waals surface area contributed by atoms with Gasteiger partial charge in [0.25, 0.3) is 0 Å². The molecule has 3 aromatic rings. The molecule has 0 atom stereocenters. The van der Waals surface area contributed by atoms with Crippen molar-refractivity contribution in [1.29, 1.82) is 0 Å². The third-order valence-corrected chi connectivity index (χ3v) is 5.68. The third-order valence-electron chi connectivity index (χ3n) is 5.68. The quantitative estimate of drug-likeness (QED) is 0.715. The Labute approximate surface area is 156 Å². The van der Waals surface area contributed by atoms with E-state index in [1.165, 1.54) is 6.42 Å². The van der Waals surface area contributed by atoms with Gasteiger partial charge >= 0.3 is 5.69 Å². The summed E-state index contributed by atoms with van der Waals surface area (Å²) in [4.78, 5) is 24.8. The second-order valence-electron chi connectivity index (χ2n) is 7.41. The molecule has 8 heteroatoms. The molecule has 142 valence electrons. The van der Waals surface area contributed by atoms with Gasteiger partial charge in [-0.3, -0.25) is 4.90 Å². The summed E-state index contributed by atoms with van der Waals surface area (Å²) in [6.45, 7) is 5.20. The number of aromatic amines is 2. The molecular formula is C19H24N6O2. The zero-order valence-corrected chi connectivity index (χ0v) is 15.3. The maximum absolute atomic E-state index is 11.8. The number of imidazole rings is 1. The molecule has 5 rings (SSSR count). The molecule has 2 N–H and O–H groups in total. The average Bonchev–Trinajstić information content (AvgIpc) is 3.21. The van der Waals surface area contributed by atoms with Crippen LogP contribution in [0.15, 0.2) is 23.0 Å². The summed E-state index contributed by atoms with van der Waals surface area (Å²) < 4.78 is 7.46. The lowest BCUT2D eigenvalue weighted by molar-refractivity contribution is 0.0360. The highest BCUT2D eigenvalue weighted by molar-refractivity contribution is 5.89. The number of para-hydroxylation sites is 1. The van der Waals surface area contributed by atoms with Crippen LogP contribution < -0.4 is 5.69 Å². The summed E-state index contributed by atoms with van der Waals surface area (Å²) in [5.74, 6) is 2.25. The summed E-state index contributed by atoms with van der Waals surface area (Å²) in [6, 6.07) is 5.86. The molecule has 2 aromatic heterocycles. The predicted octanol–water partition coefficient (Wildman–Crippen LogP) is 1.71. The van der Waals surface area contributed by atoms with Crippen LogP contribution >= 0.6 is 0 Å². The van der Waals surface area contributed by atoms with Gasteiger partial charge in [-0.05, 0) is 25.0 Å². The van der Waals surface area contributed by atoms with Gasteiger partial charge in [-0.25, -0.2) is 14.5 Å². The Bertz CT molecular complexity index is 993. The number of rotatable bonds is 5. The minimum Gasteiger partial charge on any atom is -0.379 e. The van der Waals surface area contributed by atoms with Crippen molar-refractivity contribution in [3.8, 4) is 11.4 Å². The van der Waals surface area contributed by atoms with Crippen molar-refractivity contribution in [1.82, 2.24) is 29.6 Å². The first kappa shape index (κ1) is 16.7. The Morgan fingerprint density at radius 3 is 2.78 bits per heavy atom. The number of morpholine rings is 1. The Hall–Kier alpha value is -2.45. The van der Waals surface area contributed by atoms with Crippen molar-refractivity contribution in [3.63, 3.8) is 0 Å². The fourth-order valence-corrected chi connectivity index (χ4v) is 3.86. The molecule has 1 aliphatic heterocycles. The largest absolute Gasteiger partial charge is 0.379 e. The lowest BCUT2D eigenvalue weighted by Gasteiger charge is -2.26. The molecule has 2 aliphatic rings. The predicted molar refractivity (Wildman–Crippen MR) is 102 cm³/mol. The molecule has 1 saturated heterocycles. The van der Waals surface area contributed by atoms with E-state index in [2.05, 4.69) is 14.9 Å². The van der Waals surface area contributed by atoms with Crippen molar-refractivity contribution < 1.29 is 4.74 Å². The first-order valence-corrected chi connectivity index (χ1v) is 9.74. The number of H-pyrrole nitrogens is 2. The molecule has 27 heavy (non-hydrogen) atoms. The molecule has 0 amide bonds. The van der Waals surface area contributed by atoms with E-state index in [1.54, 1.807) is 0 Å². The Kier molecular flexibility index (Phi) is 4.29. The zero-order chi connectivity index (χ0) is 18.2. The zero-order valence-electron chi connectivity index (χ0n) is 15.3. The maximum atomic E-state index is 11.8. The smallest absolute Gasteiger partial charge is 0.323 e. The van der Waals surface area contributed by atoms with Crippen molar-refractivity contribution in [2.24, 2.45) is 0 Å². The highest BCUT2D eigenvalue weighted by atomic mass is 16.5. The van der Waals surface area contributed by atoms with Gasteiger partial charge in [0.05, 0.1) is 30.8 Å². The molecular weight excluding hydrogens is 344 g/mol. The van der Waals surface area contributed by atoms with Crippen LogP contribution in [0.2, 0.25) is 0 Å². The number of nitrogens with one attached hydrogen (secondary N) is 2. The van der Waals surface area contributed by atoms with E-state index in [4.69, 9.17) is 14.8 Å². The van der Waals surface area contributed by atoms with Crippen molar-refractivity contribution >= 4 is 11.0 Å². The van der Waals surface area contributed by atoms with Gasteiger partial charge < -0.3 is 14.7 Å². The fourth-order valence-electron chi connectivity index (χ4n) is 3.86. The van der Waals surface area contributed by atoms with Gasteiger partial charge in [0.15, 0.2) is 11.6 Å². The Morgan fingerprint density at radius 1 is 1.15 bits per heavy atom. The summed E-state index contributed by atoms with van der Waals surface area (Å²) in [5, 5.41) is 4.85. The number of benzene rings is 1. The number of fused-ring (bicyclic) bond motifs is 1. The summed E-state index contributed by atoms with van der Waals surface area (Å²) in [7, 11) is 0. The van der Waals surface area contributed by atoms with Gasteiger partial charge in [0, 0.05) is 31.1 Å². The summed E-state index contributed by atoms with van der Waals surface area (Å²) in [6.07, 6.45) is 3.58. The first-order valence-electron chi connectivity index (χ1n) is 9.74. The number of nitrogens with zero attached hydrogens (tertiary/aromatic N) is 4. The number of ether oxygens (including phenoxy) is 1. The summed E-state index contributed by atoms with van der Waals surface area (Å²) >= 11 is 0. The molecule has 0 unspecified atom stereocenters. The molecule has 0 bridgehead atoms. The fraction of sp³-hybridized carbons (Fsp3) is 0.526. The van der Waals surface area contributed by atoms with Gasteiger partial charge in [-0.2, -0.15) is 5.10 Å². The van der Waals surface area contributed by atoms with E-state index in [1.807, 2.05) is 22.9 Å². The SMILES string of the molecule is O=c1[nH]c2cccc(-c3nc(C4CCC4)nn3CCN3CCOCC3)c2[nH]1. The van der Waals surface area contributed by atoms with Crippen LogP contribution in [0.25, 0.3) is 22.4 Å². The van der Waals surface area contributed by atoms with E-state index in [-0.39, 0.29) is 5.69 Å². The molecule has 1 aliphatic carbocycles. The lowest BCUT2D eigenvalue weighted by Crippen LogP contribution is -2.38. The highest BCUT2D eigenvalue weighted by Gasteiger charge is 2.26. The topological polar surface area (TPSA) is 91.8 Å². The molecule has 1 saturated carbocycles. The van der Waals surface area contributed by atoms with Crippen LogP contribution in [0.4, 0.5) is 0 Å². The van der Waals surface area contributed by atoms with E-state index >= 15 is 0 Å².